The molecule has 6 heteroatoms. The normalized spacial score (nSPS) is 30.5. The molecule has 2 saturated carbocycles. The Bertz CT molecular complexity index is 786. The van der Waals surface area contributed by atoms with Crippen molar-refractivity contribution in [3.05, 3.63) is 0 Å². The Morgan fingerprint density at radius 2 is 1.69 bits per heavy atom. The molecule has 4 rings (SSSR count). The maximum absolute atomic E-state index is 12.5. The summed E-state index contributed by atoms with van der Waals surface area (Å²) in [7, 11) is 0. The number of likely N-dealkylation sites (tertiary alicyclic amines) is 1. The highest BCUT2D eigenvalue weighted by molar-refractivity contribution is 6.09. The third kappa shape index (κ3) is 5.99. The first-order chi connectivity index (χ1) is 14.7. The van der Waals surface area contributed by atoms with Crippen LogP contribution in [0.3, 0.4) is 0 Å². The first kappa shape index (κ1) is 24.9. The fourth-order valence-corrected chi connectivity index (χ4v) is 4.51. The van der Waals surface area contributed by atoms with Gasteiger partial charge in [-0.2, -0.15) is 0 Å². The van der Waals surface area contributed by atoms with Crippen LogP contribution in [0, 0.1) is 28.6 Å². The summed E-state index contributed by atoms with van der Waals surface area (Å²) in [4.78, 5) is 43.0. The van der Waals surface area contributed by atoms with Crippen molar-refractivity contribution in [3.8, 4) is 0 Å². The summed E-state index contributed by atoms with van der Waals surface area (Å²) in [6.07, 6.45) is 7.00. The van der Waals surface area contributed by atoms with Crippen LogP contribution < -0.4 is 0 Å². The lowest BCUT2D eigenvalue weighted by Gasteiger charge is -2.35. The summed E-state index contributed by atoms with van der Waals surface area (Å²) >= 11 is 0. The number of hydrogen-bond acceptors (Lipinski definition) is 5. The minimum atomic E-state index is -0.686. The zero-order valence-corrected chi connectivity index (χ0v) is 21.1. The second-order valence-corrected chi connectivity index (χ2v) is 12.2. The molecule has 3 atom stereocenters. The molecule has 6 nitrogen and oxygen atoms in total. The SMILES string of the molecule is CC1CC(C(=O)C2(C)CC2)C(=O)N(C(=O)OC(C)(C)C)C1.CC1CCC(C2(C)CC2)=NC1. The Morgan fingerprint density at radius 1 is 1.06 bits per heavy atom. The highest BCUT2D eigenvalue weighted by Crippen LogP contribution is 2.49. The topological polar surface area (TPSA) is 76.0 Å². The number of nitrogens with zero attached hydrogens (tertiary/aromatic N) is 2. The van der Waals surface area contributed by atoms with Crippen LogP contribution in [0.5, 0.6) is 0 Å². The van der Waals surface area contributed by atoms with Crippen molar-refractivity contribution < 1.29 is 19.1 Å². The van der Waals surface area contributed by atoms with Gasteiger partial charge in [0.05, 0.1) is 5.92 Å². The second-order valence-electron chi connectivity index (χ2n) is 12.2. The van der Waals surface area contributed by atoms with Gasteiger partial charge in [-0.05, 0) is 77.6 Å². The van der Waals surface area contributed by atoms with E-state index in [4.69, 9.17) is 4.74 Å². The first-order valence-corrected chi connectivity index (χ1v) is 12.4. The molecule has 0 aromatic carbocycles. The van der Waals surface area contributed by atoms with Crippen LogP contribution in [-0.4, -0.2) is 47.1 Å². The van der Waals surface area contributed by atoms with E-state index < -0.39 is 17.6 Å². The predicted octanol–water partition coefficient (Wildman–Crippen LogP) is 5.43. The molecule has 1 saturated heterocycles. The number of imide groups is 1. The van der Waals surface area contributed by atoms with Crippen LogP contribution in [-0.2, 0) is 14.3 Å². The number of piperidine rings is 1. The van der Waals surface area contributed by atoms with E-state index in [-0.39, 0.29) is 23.0 Å². The number of aliphatic imine (C=N–C) groups is 1. The number of amides is 2. The Labute approximate surface area is 193 Å². The Balaban J connectivity index is 0.000000219. The van der Waals surface area contributed by atoms with Crippen molar-refractivity contribution in [2.75, 3.05) is 13.1 Å². The minimum Gasteiger partial charge on any atom is -0.443 e. The van der Waals surface area contributed by atoms with Gasteiger partial charge in [-0.1, -0.05) is 27.7 Å². The van der Waals surface area contributed by atoms with E-state index in [0.29, 0.717) is 18.4 Å². The Morgan fingerprint density at radius 3 is 2.16 bits per heavy atom. The summed E-state index contributed by atoms with van der Waals surface area (Å²) < 4.78 is 5.28. The molecule has 3 fully saturated rings. The average Bonchev–Trinajstić information content (AvgIpc) is 3.62. The molecular formula is C26H42N2O4. The van der Waals surface area contributed by atoms with Gasteiger partial charge < -0.3 is 4.74 Å². The van der Waals surface area contributed by atoms with E-state index in [1.165, 1.54) is 31.4 Å². The largest absolute Gasteiger partial charge is 0.443 e. The van der Waals surface area contributed by atoms with Gasteiger partial charge in [0.15, 0.2) is 5.78 Å². The monoisotopic (exact) mass is 446 g/mol. The first-order valence-electron chi connectivity index (χ1n) is 12.4. The molecule has 0 radical (unpaired) electrons. The molecule has 0 bridgehead atoms. The van der Waals surface area contributed by atoms with Gasteiger partial charge in [-0.25, -0.2) is 9.69 Å². The third-order valence-corrected chi connectivity index (χ3v) is 7.39. The van der Waals surface area contributed by atoms with Gasteiger partial charge in [-0.3, -0.25) is 14.6 Å². The van der Waals surface area contributed by atoms with E-state index >= 15 is 0 Å². The Hall–Kier alpha value is -1.72. The number of hydrogen-bond donors (Lipinski definition) is 0. The molecule has 32 heavy (non-hydrogen) atoms. The molecule has 3 unspecified atom stereocenters. The molecule has 0 aromatic heterocycles. The molecule has 0 N–H and O–H groups in total. The van der Waals surface area contributed by atoms with Crippen LogP contribution in [0.4, 0.5) is 4.79 Å². The van der Waals surface area contributed by atoms with E-state index in [9.17, 15) is 14.4 Å². The number of ketones is 1. The Kier molecular flexibility index (Phi) is 6.93. The molecule has 2 aliphatic heterocycles. The van der Waals surface area contributed by atoms with E-state index in [0.717, 1.165) is 30.2 Å². The van der Waals surface area contributed by atoms with Crippen molar-refractivity contribution in [2.24, 2.45) is 33.6 Å². The summed E-state index contributed by atoms with van der Waals surface area (Å²) in [5.74, 6) is -0.130. The molecule has 180 valence electrons. The van der Waals surface area contributed by atoms with E-state index in [2.05, 4.69) is 18.8 Å². The second kappa shape index (κ2) is 8.90. The van der Waals surface area contributed by atoms with E-state index in [1.54, 1.807) is 20.8 Å². The average molecular weight is 447 g/mol. The molecular weight excluding hydrogens is 404 g/mol. The lowest BCUT2D eigenvalue weighted by atomic mass is 9.81. The zero-order valence-electron chi connectivity index (χ0n) is 21.1. The van der Waals surface area contributed by atoms with E-state index in [1.807, 2.05) is 13.8 Å². The summed E-state index contributed by atoms with van der Waals surface area (Å²) in [5, 5.41) is 0. The molecule has 2 amide bonds. The predicted molar refractivity (Wildman–Crippen MR) is 126 cm³/mol. The number of carbonyl (C=O) groups excluding carboxylic acids is 3. The van der Waals surface area contributed by atoms with Crippen LogP contribution in [0.15, 0.2) is 4.99 Å². The molecule has 0 spiro atoms. The lowest BCUT2D eigenvalue weighted by molar-refractivity contribution is -0.146. The van der Waals surface area contributed by atoms with Crippen LogP contribution in [0.2, 0.25) is 0 Å². The van der Waals surface area contributed by atoms with Crippen LogP contribution in [0.25, 0.3) is 0 Å². The molecule has 2 aliphatic carbocycles. The lowest BCUT2D eigenvalue weighted by Crippen LogP contribution is -2.52. The number of carbonyl (C=O) groups is 3. The summed E-state index contributed by atoms with van der Waals surface area (Å²) in [6.45, 7) is 15.2. The zero-order chi connectivity index (χ0) is 23.9. The summed E-state index contributed by atoms with van der Waals surface area (Å²) in [5.41, 5.74) is 1.08. The maximum atomic E-state index is 12.5. The fraction of sp³-hybridized carbons (Fsp3) is 0.846. The van der Waals surface area contributed by atoms with Gasteiger partial charge >= 0.3 is 6.09 Å². The van der Waals surface area contributed by atoms with Gasteiger partial charge in [0.1, 0.15) is 5.60 Å². The highest BCUT2D eigenvalue weighted by Gasteiger charge is 2.52. The number of Topliss-reactive ketones (excluding diaryl/α,β-unsaturated/α-hetero) is 1. The van der Waals surface area contributed by atoms with Crippen molar-refractivity contribution in [2.45, 2.75) is 99.0 Å². The fourth-order valence-electron chi connectivity index (χ4n) is 4.51. The quantitative estimate of drug-likeness (QED) is 0.542. The van der Waals surface area contributed by atoms with Gasteiger partial charge in [0, 0.05) is 29.6 Å². The van der Waals surface area contributed by atoms with Crippen molar-refractivity contribution >= 4 is 23.5 Å². The van der Waals surface area contributed by atoms with Crippen molar-refractivity contribution in [3.63, 3.8) is 0 Å². The molecule has 0 aromatic rings. The molecule has 4 aliphatic rings. The number of ether oxygens (including phenoxy) is 1. The molecule has 2 heterocycles. The number of rotatable bonds is 3. The van der Waals surface area contributed by atoms with Crippen molar-refractivity contribution in [1.82, 2.24) is 4.90 Å². The highest BCUT2D eigenvalue weighted by atomic mass is 16.6. The van der Waals surface area contributed by atoms with Gasteiger partial charge in [0.2, 0.25) is 5.91 Å². The van der Waals surface area contributed by atoms with Crippen LogP contribution >= 0.6 is 0 Å². The van der Waals surface area contributed by atoms with Crippen LogP contribution in [0.1, 0.15) is 93.4 Å². The minimum absolute atomic E-state index is 0.00684. The van der Waals surface area contributed by atoms with Crippen molar-refractivity contribution in [1.29, 1.82) is 0 Å². The van der Waals surface area contributed by atoms with Gasteiger partial charge in [-0.15, -0.1) is 0 Å². The maximum Gasteiger partial charge on any atom is 0.417 e. The summed E-state index contributed by atoms with van der Waals surface area (Å²) in [6, 6.07) is 0. The standard InChI is InChI=1S/C16H25NO4.C10H17N/c1-10-8-11(12(18)16(5)6-7-16)13(19)17(9-10)14(20)21-15(2,3)4;1-8-3-4-9(11-7-8)10(2)5-6-10/h10-11H,6-9H2,1-5H3;8H,3-7H2,1-2H3. The third-order valence-electron chi connectivity index (χ3n) is 7.39. The van der Waals surface area contributed by atoms with Gasteiger partial charge in [0.25, 0.3) is 0 Å². The smallest absolute Gasteiger partial charge is 0.417 e.